The molecule has 3 rings (SSSR count). The molecule has 2 aromatic rings. The van der Waals surface area contributed by atoms with Crippen molar-refractivity contribution in [3.63, 3.8) is 0 Å². The molecule has 0 aliphatic carbocycles. The standard InChI is InChI=1S/C15H15N3O3/c1-9-15(20)18-13-6-10(3-5-14(13)21-9)16-7-11-2-4-12(19)8-17-11/h2-6,8-9,16,19H,7H2,1H3,(H,18,20). The van der Waals surface area contributed by atoms with Gasteiger partial charge in [-0.2, -0.15) is 0 Å². The summed E-state index contributed by atoms with van der Waals surface area (Å²) in [4.78, 5) is 15.7. The number of aromatic hydroxyl groups is 1. The van der Waals surface area contributed by atoms with Crippen LogP contribution in [-0.2, 0) is 11.3 Å². The van der Waals surface area contributed by atoms with Gasteiger partial charge in [-0.05, 0) is 37.3 Å². The van der Waals surface area contributed by atoms with Crippen LogP contribution in [0.3, 0.4) is 0 Å². The monoisotopic (exact) mass is 285 g/mol. The number of ether oxygens (including phenoxy) is 1. The second-order valence-electron chi connectivity index (χ2n) is 4.82. The molecule has 1 aromatic carbocycles. The average molecular weight is 285 g/mol. The highest BCUT2D eigenvalue weighted by molar-refractivity contribution is 5.98. The average Bonchev–Trinajstić information content (AvgIpc) is 2.48. The number of hydrogen-bond donors (Lipinski definition) is 3. The molecule has 1 aromatic heterocycles. The Morgan fingerprint density at radius 1 is 1.38 bits per heavy atom. The summed E-state index contributed by atoms with van der Waals surface area (Å²) in [5, 5.41) is 15.2. The number of hydrogen-bond acceptors (Lipinski definition) is 5. The van der Waals surface area contributed by atoms with Crippen LogP contribution in [0.2, 0.25) is 0 Å². The lowest BCUT2D eigenvalue weighted by Crippen LogP contribution is -2.34. The second-order valence-corrected chi connectivity index (χ2v) is 4.82. The van der Waals surface area contributed by atoms with E-state index >= 15 is 0 Å². The van der Waals surface area contributed by atoms with Gasteiger partial charge in [0.25, 0.3) is 5.91 Å². The summed E-state index contributed by atoms with van der Waals surface area (Å²) < 4.78 is 5.50. The van der Waals surface area contributed by atoms with Crippen molar-refractivity contribution >= 4 is 17.3 Å². The fraction of sp³-hybridized carbons (Fsp3) is 0.200. The summed E-state index contributed by atoms with van der Waals surface area (Å²) >= 11 is 0. The van der Waals surface area contributed by atoms with Crippen molar-refractivity contribution in [2.24, 2.45) is 0 Å². The molecule has 6 nitrogen and oxygen atoms in total. The van der Waals surface area contributed by atoms with Gasteiger partial charge in [-0.15, -0.1) is 0 Å². The third-order valence-electron chi connectivity index (χ3n) is 3.19. The number of nitrogens with one attached hydrogen (secondary N) is 2. The van der Waals surface area contributed by atoms with Crippen LogP contribution in [0.1, 0.15) is 12.6 Å². The second kappa shape index (κ2) is 5.32. The first-order valence-corrected chi connectivity index (χ1v) is 6.61. The van der Waals surface area contributed by atoms with E-state index < -0.39 is 6.10 Å². The highest BCUT2D eigenvalue weighted by Gasteiger charge is 2.23. The Balaban J connectivity index is 1.71. The first-order chi connectivity index (χ1) is 10.1. The summed E-state index contributed by atoms with van der Waals surface area (Å²) in [6.07, 6.45) is 0.928. The minimum Gasteiger partial charge on any atom is -0.506 e. The lowest BCUT2D eigenvalue weighted by molar-refractivity contribution is -0.122. The van der Waals surface area contributed by atoms with E-state index in [0.29, 0.717) is 18.0 Å². The predicted octanol–water partition coefficient (Wildman–Crippen LogP) is 2.12. The van der Waals surface area contributed by atoms with E-state index in [4.69, 9.17) is 4.74 Å². The van der Waals surface area contributed by atoms with Crippen LogP contribution < -0.4 is 15.4 Å². The van der Waals surface area contributed by atoms with Crippen molar-refractivity contribution in [2.45, 2.75) is 19.6 Å². The Bertz CT molecular complexity index is 670. The summed E-state index contributed by atoms with van der Waals surface area (Å²) in [7, 11) is 0. The molecular weight excluding hydrogens is 270 g/mol. The molecule has 108 valence electrons. The molecule has 6 heteroatoms. The van der Waals surface area contributed by atoms with E-state index in [9.17, 15) is 9.90 Å². The summed E-state index contributed by atoms with van der Waals surface area (Å²) in [5.41, 5.74) is 2.31. The van der Waals surface area contributed by atoms with E-state index in [1.807, 2.05) is 18.2 Å². The fourth-order valence-corrected chi connectivity index (χ4v) is 2.03. The molecule has 21 heavy (non-hydrogen) atoms. The Labute approximate surface area is 121 Å². The quantitative estimate of drug-likeness (QED) is 0.804. The first-order valence-electron chi connectivity index (χ1n) is 6.61. The van der Waals surface area contributed by atoms with Crippen LogP contribution in [0.15, 0.2) is 36.5 Å². The number of pyridine rings is 1. The topological polar surface area (TPSA) is 83.5 Å². The van der Waals surface area contributed by atoms with E-state index in [1.54, 1.807) is 19.1 Å². The lowest BCUT2D eigenvalue weighted by Gasteiger charge is -2.23. The van der Waals surface area contributed by atoms with Crippen molar-refractivity contribution in [3.05, 3.63) is 42.2 Å². The maximum atomic E-state index is 11.6. The number of fused-ring (bicyclic) bond motifs is 1. The number of benzene rings is 1. The zero-order chi connectivity index (χ0) is 14.8. The van der Waals surface area contributed by atoms with Crippen LogP contribution in [0.5, 0.6) is 11.5 Å². The van der Waals surface area contributed by atoms with E-state index in [2.05, 4.69) is 15.6 Å². The number of carbonyl (C=O) groups excluding carboxylic acids is 1. The molecule has 1 unspecified atom stereocenters. The molecule has 0 bridgehead atoms. The number of carbonyl (C=O) groups is 1. The van der Waals surface area contributed by atoms with Crippen molar-refractivity contribution in [1.29, 1.82) is 0 Å². The summed E-state index contributed by atoms with van der Waals surface area (Å²) in [5.74, 6) is 0.650. The molecule has 1 aliphatic heterocycles. The minimum absolute atomic E-state index is 0.140. The maximum Gasteiger partial charge on any atom is 0.265 e. The number of aromatic nitrogens is 1. The van der Waals surface area contributed by atoms with E-state index in [-0.39, 0.29) is 11.7 Å². The van der Waals surface area contributed by atoms with Crippen molar-refractivity contribution in [3.8, 4) is 11.5 Å². The van der Waals surface area contributed by atoms with Gasteiger partial charge in [-0.1, -0.05) is 0 Å². The van der Waals surface area contributed by atoms with Gasteiger partial charge >= 0.3 is 0 Å². The Morgan fingerprint density at radius 3 is 3.00 bits per heavy atom. The highest BCUT2D eigenvalue weighted by atomic mass is 16.5. The van der Waals surface area contributed by atoms with E-state index in [1.165, 1.54) is 6.20 Å². The zero-order valence-electron chi connectivity index (χ0n) is 11.5. The normalized spacial score (nSPS) is 16.6. The van der Waals surface area contributed by atoms with E-state index in [0.717, 1.165) is 11.4 Å². The number of rotatable bonds is 3. The lowest BCUT2D eigenvalue weighted by atomic mass is 10.2. The van der Waals surface area contributed by atoms with Gasteiger partial charge < -0.3 is 20.5 Å². The third-order valence-corrected chi connectivity index (χ3v) is 3.19. The molecule has 0 saturated carbocycles. The molecule has 1 aliphatic rings. The largest absolute Gasteiger partial charge is 0.506 e. The van der Waals surface area contributed by atoms with Crippen LogP contribution in [0.25, 0.3) is 0 Å². The number of nitrogens with zero attached hydrogens (tertiary/aromatic N) is 1. The first kappa shape index (κ1) is 13.2. The third kappa shape index (κ3) is 2.89. The molecule has 0 radical (unpaired) electrons. The Kier molecular flexibility index (Phi) is 3.35. The molecule has 0 fully saturated rings. The number of anilines is 2. The minimum atomic E-state index is -0.475. The van der Waals surface area contributed by atoms with Gasteiger partial charge in [0, 0.05) is 5.69 Å². The zero-order valence-corrected chi connectivity index (χ0v) is 11.5. The molecule has 2 heterocycles. The highest BCUT2D eigenvalue weighted by Crippen LogP contribution is 2.32. The molecule has 0 saturated heterocycles. The Morgan fingerprint density at radius 2 is 2.24 bits per heavy atom. The van der Waals surface area contributed by atoms with Gasteiger partial charge in [0.1, 0.15) is 11.5 Å². The van der Waals surface area contributed by atoms with Crippen LogP contribution >= 0.6 is 0 Å². The van der Waals surface area contributed by atoms with Crippen molar-refractivity contribution in [1.82, 2.24) is 4.98 Å². The number of amides is 1. The SMILES string of the molecule is CC1Oc2ccc(NCc3ccc(O)cn3)cc2NC1=O. The predicted molar refractivity (Wildman–Crippen MR) is 78.4 cm³/mol. The smallest absolute Gasteiger partial charge is 0.265 e. The molecule has 1 amide bonds. The van der Waals surface area contributed by atoms with Gasteiger partial charge in [-0.25, -0.2) is 0 Å². The van der Waals surface area contributed by atoms with Crippen LogP contribution in [0, 0.1) is 0 Å². The van der Waals surface area contributed by atoms with Crippen molar-refractivity contribution in [2.75, 3.05) is 10.6 Å². The Hall–Kier alpha value is -2.76. The summed E-state index contributed by atoms with van der Waals surface area (Å²) in [6, 6.07) is 8.85. The van der Waals surface area contributed by atoms with Gasteiger partial charge in [0.05, 0.1) is 24.1 Å². The fourth-order valence-electron chi connectivity index (χ4n) is 2.03. The summed E-state index contributed by atoms with van der Waals surface area (Å²) in [6.45, 7) is 2.23. The molecule has 0 spiro atoms. The van der Waals surface area contributed by atoms with Gasteiger partial charge in [0.2, 0.25) is 0 Å². The van der Waals surface area contributed by atoms with Gasteiger partial charge in [-0.3, -0.25) is 9.78 Å². The maximum absolute atomic E-state index is 11.6. The molecule has 1 atom stereocenters. The molecule has 3 N–H and O–H groups in total. The van der Waals surface area contributed by atoms with Gasteiger partial charge in [0.15, 0.2) is 6.10 Å². The van der Waals surface area contributed by atoms with Crippen LogP contribution in [0.4, 0.5) is 11.4 Å². The molecular formula is C15H15N3O3. The van der Waals surface area contributed by atoms with Crippen LogP contribution in [-0.4, -0.2) is 22.1 Å². The van der Waals surface area contributed by atoms with Crippen molar-refractivity contribution < 1.29 is 14.6 Å².